The van der Waals surface area contributed by atoms with Crippen molar-refractivity contribution in [3.63, 3.8) is 0 Å². The summed E-state index contributed by atoms with van der Waals surface area (Å²) in [6.45, 7) is 4.38. The minimum atomic E-state index is -3.67. The molecule has 0 aliphatic carbocycles. The van der Waals surface area contributed by atoms with Gasteiger partial charge in [-0.3, -0.25) is 5.10 Å². The van der Waals surface area contributed by atoms with Crippen LogP contribution in [-0.2, 0) is 21.4 Å². The lowest BCUT2D eigenvalue weighted by atomic mass is 10.4. The van der Waals surface area contributed by atoms with Crippen LogP contribution in [0, 0.1) is 6.92 Å². The molecule has 0 fully saturated rings. The van der Waals surface area contributed by atoms with Crippen molar-refractivity contribution in [2.75, 3.05) is 19.8 Å². The Morgan fingerprint density at radius 1 is 1.42 bits per heavy atom. The molecular weight excluding hydrogens is 270 g/mol. The zero-order valence-electron chi connectivity index (χ0n) is 11.3. The van der Waals surface area contributed by atoms with E-state index >= 15 is 0 Å². The Balaban J connectivity index is 2.54. The van der Waals surface area contributed by atoms with Crippen molar-refractivity contribution in [1.82, 2.24) is 14.9 Å². The first-order valence-electron chi connectivity index (χ1n) is 6.25. The first kappa shape index (κ1) is 16.1. The van der Waals surface area contributed by atoms with Crippen LogP contribution in [0.1, 0.15) is 31.2 Å². The smallest absolute Gasteiger partial charge is 0.244 e. The van der Waals surface area contributed by atoms with Crippen molar-refractivity contribution in [1.29, 1.82) is 0 Å². The summed E-state index contributed by atoms with van der Waals surface area (Å²) in [5, 5.41) is 15.4. The Morgan fingerprint density at radius 2 is 2.16 bits per heavy atom. The van der Waals surface area contributed by atoms with Gasteiger partial charge in [-0.15, -0.1) is 0 Å². The standard InChI is InChI=1S/C11H21N3O4S/c1-3-4-6-18-7-5-12-19(16,17)11-9(2)13-14-10(11)8-15/h12,15H,3-8H2,1-2H3,(H,13,14). The minimum Gasteiger partial charge on any atom is -0.390 e. The number of aliphatic hydroxyl groups excluding tert-OH is 1. The lowest BCUT2D eigenvalue weighted by Crippen LogP contribution is -2.28. The molecule has 0 atom stereocenters. The number of aliphatic hydroxyl groups is 1. The number of nitrogens with zero attached hydrogens (tertiary/aromatic N) is 1. The summed E-state index contributed by atoms with van der Waals surface area (Å²) >= 11 is 0. The van der Waals surface area contributed by atoms with E-state index in [4.69, 9.17) is 9.84 Å². The van der Waals surface area contributed by atoms with Crippen LogP contribution in [0.3, 0.4) is 0 Å². The second-order valence-corrected chi connectivity index (χ2v) is 5.85. The highest BCUT2D eigenvalue weighted by Crippen LogP contribution is 2.16. The predicted octanol–water partition coefficient (Wildman–Crippen LogP) is 0.305. The quantitative estimate of drug-likeness (QED) is 0.568. The first-order chi connectivity index (χ1) is 9.03. The number of H-pyrrole nitrogens is 1. The molecule has 1 heterocycles. The average Bonchev–Trinajstić information content (AvgIpc) is 2.75. The molecule has 0 unspecified atom stereocenters. The van der Waals surface area contributed by atoms with Crippen molar-refractivity contribution in [2.45, 2.75) is 38.2 Å². The van der Waals surface area contributed by atoms with Crippen molar-refractivity contribution in [2.24, 2.45) is 0 Å². The first-order valence-corrected chi connectivity index (χ1v) is 7.73. The normalized spacial score (nSPS) is 11.9. The molecule has 1 rings (SSSR count). The van der Waals surface area contributed by atoms with Crippen LogP contribution in [-0.4, -0.2) is 43.5 Å². The molecule has 0 aromatic carbocycles. The molecule has 0 aliphatic heterocycles. The van der Waals surface area contributed by atoms with Crippen molar-refractivity contribution in [3.05, 3.63) is 11.4 Å². The van der Waals surface area contributed by atoms with Crippen LogP contribution >= 0.6 is 0 Å². The van der Waals surface area contributed by atoms with Crippen LogP contribution in [0.15, 0.2) is 4.90 Å². The molecule has 1 aromatic rings. The Kier molecular flexibility index (Phi) is 6.43. The van der Waals surface area contributed by atoms with Crippen molar-refractivity contribution < 1.29 is 18.3 Å². The van der Waals surface area contributed by atoms with E-state index in [1.54, 1.807) is 6.92 Å². The molecule has 0 bridgehead atoms. The molecule has 0 spiro atoms. The number of sulfonamides is 1. The van der Waals surface area contributed by atoms with E-state index in [2.05, 4.69) is 21.8 Å². The molecule has 0 aliphatic rings. The Hall–Kier alpha value is -0.960. The zero-order chi connectivity index (χ0) is 14.3. The van der Waals surface area contributed by atoms with Gasteiger partial charge in [-0.1, -0.05) is 13.3 Å². The summed E-state index contributed by atoms with van der Waals surface area (Å²) < 4.78 is 31.8. The van der Waals surface area contributed by atoms with Gasteiger partial charge in [0.2, 0.25) is 10.0 Å². The summed E-state index contributed by atoms with van der Waals surface area (Å²) in [7, 11) is -3.67. The van der Waals surface area contributed by atoms with Gasteiger partial charge in [0.25, 0.3) is 0 Å². The molecule has 19 heavy (non-hydrogen) atoms. The van der Waals surface area contributed by atoms with E-state index in [1.807, 2.05) is 0 Å². The van der Waals surface area contributed by atoms with E-state index in [0.717, 1.165) is 12.8 Å². The average molecular weight is 291 g/mol. The van der Waals surface area contributed by atoms with E-state index in [0.29, 0.717) is 18.9 Å². The molecule has 0 saturated carbocycles. The molecule has 0 radical (unpaired) electrons. The van der Waals surface area contributed by atoms with Crippen LogP contribution in [0.2, 0.25) is 0 Å². The maximum atomic E-state index is 12.0. The van der Waals surface area contributed by atoms with Gasteiger partial charge in [0.15, 0.2) is 0 Å². The number of hydrogen-bond acceptors (Lipinski definition) is 5. The van der Waals surface area contributed by atoms with Gasteiger partial charge in [0.05, 0.1) is 18.9 Å². The third kappa shape index (κ3) is 4.57. The van der Waals surface area contributed by atoms with Crippen LogP contribution in [0.5, 0.6) is 0 Å². The molecule has 8 heteroatoms. The van der Waals surface area contributed by atoms with Crippen molar-refractivity contribution in [3.8, 4) is 0 Å². The summed E-state index contributed by atoms with van der Waals surface area (Å²) in [4.78, 5) is 0.0172. The van der Waals surface area contributed by atoms with Gasteiger partial charge >= 0.3 is 0 Å². The van der Waals surface area contributed by atoms with Gasteiger partial charge in [0.1, 0.15) is 10.6 Å². The number of ether oxygens (including phenoxy) is 1. The Bertz CT molecular complexity index is 484. The highest BCUT2D eigenvalue weighted by molar-refractivity contribution is 7.89. The van der Waals surface area contributed by atoms with E-state index < -0.39 is 16.6 Å². The molecule has 1 aromatic heterocycles. The predicted molar refractivity (Wildman–Crippen MR) is 70.2 cm³/mol. The lowest BCUT2D eigenvalue weighted by Gasteiger charge is -2.07. The maximum absolute atomic E-state index is 12.0. The Labute approximate surface area is 113 Å². The fourth-order valence-corrected chi connectivity index (χ4v) is 2.97. The summed E-state index contributed by atoms with van der Waals surface area (Å²) in [5.74, 6) is 0. The lowest BCUT2D eigenvalue weighted by molar-refractivity contribution is 0.136. The number of aromatic nitrogens is 2. The second kappa shape index (κ2) is 7.59. The van der Waals surface area contributed by atoms with E-state index in [9.17, 15) is 8.42 Å². The molecular formula is C11H21N3O4S. The van der Waals surface area contributed by atoms with Crippen LogP contribution in [0.4, 0.5) is 0 Å². The number of unbranched alkanes of at least 4 members (excludes halogenated alkanes) is 1. The third-order valence-corrected chi connectivity index (χ3v) is 4.22. The topological polar surface area (TPSA) is 104 Å². The largest absolute Gasteiger partial charge is 0.390 e. The fraction of sp³-hybridized carbons (Fsp3) is 0.727. The summed E-state index contributed by atoms with van der Waals surface area (Å²) in [5.41, 5.74) is 0.528. The van der Waals surface area contributed by atoms with Gasteiger partial charge < -0.3 is 9.84 Å². The zero-order valence-corrected chi connectivity index (χ0v) is 12.1. The van der Waals surface area contributed by atoms with E-state index in [1.165, 1.54) is 0 Å². The molecule has 7 nitrogen and oxygen atoms in total. The SMILES string of the molecule is CCCCOCCNS(=O)(=O)c1c(CO)n[nH]c1C. The van der Waals surface area contributed by atoms with Gasteiger partial charge in [-0.2, -0.15) is 5.10 Å². The Morgan fingerprint density at radius 3 is 2.79 bits per heavy atom. The van der Waals surface area contributed by atoms with Crippen LogP contribution in [0.25, 0.3) is 0 Å². The number of aryl methyl sites for hydroxylation is 1. The van der Waals surface area contributed by atoms with Crippen molar-refractivity contribution >= 4 is 10.0 Å². The summed E-state index contributed by atoms with van der Waals surface area (Å²) in [6, 6.07) is 0. The highest BCUT2D eigenvalue weighted by atomic mass is 32.2. The number of nitrogens with one attached hydrogen (secondary N) is 2. The van der Waals surface area contributed by atoms with Gasteiger partial charge in [0, 0.05) is 13.2 Å². The highest BCUT2D eigenvalue weighted by Gasteiger charge is 2.23. The number of rotatable bonds is 9. The van der Waals surface area contributed by atoms with Gasteiger partial charge in [-0.05, 0) is 13.3 Å². The molecule has 3 N–H and O–H groups in total. The molecule has 110 valence electrons. The van der Waals surface area contributed by atoms with Crippen LogP contribution < -0.4 is 4.72 Å². The molecule has 0 saturated heterocycles. The second-order valence-electron chi connectivity index (χ2n) is 4.15. The maximum Gasteiger partial charge on any atom is 0.244 e. The third-order valence-electron chi connectivity index (χ3n) is 2.56. The molecule has 0 amide bonds. The number of aromatic amines is 1. The van der Waals surface area contributed by atoms with Gasteiger partial charge in [-0.25, -0.2) is 13.1 Å². The van der Waals surface area contributed by atoms with E-state index in [-0.39, 0.29) is 17.1 Å². The summed E-state index contributed by atoms with van der Waals surface area (Å²) in [6.07, 6.45) is 2.00. The minimum absolute atomic E-state index is 0.0172. The monoisotopic (exact) mass is 291 g/mol. The number of hydrogen-bond donors (Lipinski definition) is 3. The fourth-order valence-electron chi connectivity index (χ4n) is 1.60.